The Kier molecular flexibility index (Phi) is 3.52. The zero-order valence-electron chi connectivity index (χ0n) is 10.8. The fourth-order valence-corrected chi connectivity index (χ4v) is 4.80. The Bertz CT molecular complexity index is 735. The number of aliphatic hydroxyl groups excluding tert-OH is 1. The molecule has 1 N–H and O–H groups in total. The topological polar surface area (TPSA) is 67.5 Å². The fraction of sp³-hybridized carbons (Fsp3) is 0.429. The maximum atomic E-state index is 11.4. The van der Waals surface area contributed by atoms with Crippen LogP contribution in [-0.4, -0.2) is 25.0 Å². The Labute approximate surface area is 122 Å². The average molecular weight is 315 g/mol. The van der Waals surface area contributed by atoms with Gasteiger partial charge in [-0.2, -0.15) is 0 Å². The minimum absolute atomic E-state index is 0.00122. The first-order valence-electron chi connectivity index (χ1n) is 6.51. The molecule has 1 aliphatic rings. The fourth-order valence-electron chi connectivity index (χ4n) is 2.70. The lowest BCUT2D eigenvalue weighted by Crippen LogP contribution is -2.09. The molecule has 0 spiro atoms. The first-order chi connectivity index (χ1) is 9.44. The molecule has 0 saturated carbocycles. The predicted octanol–water partition coefficient (Wildman–Crippen LogP) is 2.94. The Hall–Kier alpha value is -1.04. The van der Waals surface area contributed by atoms with E-state index in [1.807, 2.05) is 12.1 Å². The van der Waals surface area contributed by atoms with E-state index in [0.717, 1.165) is 5.39 Å². The molecule has 1 aromatic heterocycles. The molecular formula is C14H15ClO4S. The molecule has 1 aliphatic heterocycles. The molecule has 0 radical (unpaired) electrons. The van der Waals surface area contributed by atoms with Gasteiger partial charge in [0.2, 0.25) is 0 Å². The van der Waals surface area contributed by atoms with Crippen LogP contribution in [0.5, 0.6) is 0 Å². The summed E-state index contributed by atoms with van der Waals surface area (Å²) < 4.78 is 28.4. The van der Waals surface area contributed by atoms with E-state index in [4.69, 9.17) is 16.0 Å². The largest absolute Gasteiger partial charge is 0.457 e. The lowest BCUT2D eigenvalue weighted by atomic mass is 10.00. The second kappa shape index (κ2) is 5.06. The smallest absolute Gasteiger partial charge is 0.152 e. The number of hydrogen-bond donors (Lipinski definition) is 1. The molecule has 20 heavy (non-hydrogen) atoms. The Morgan fingerprint density at radius 1 is 1.45 bits per heavy atom. The second-order valence-electron chi connectivity index (χ2n) is 5.33. The summed E-state index contributed by atoms with van der Waals surface area (Å²) in [7, 11) is -2.92. The van der Waals surface area contributed by atoms with Crippen molar-refractivity contribution in [2.75, 3.05) is 11.5 Å². The molecule has 0 amide bonds. The van der Waals surface area contributed by atoms with Crippen LogP contribution in [0.4, 0.5) is 0 Å². The van der Waals surface area contributed by atoms with Gasteiger partial charge in [0.1, 0.15) is 11.9 Å². The van der Waals surface area contributed by atoms with Crippen LogP contribution < -0.4 is 0 Å². The Balaban J connectivity index is 1.79. The highest BCUT2D eigenvalue weighted by molar-refractivity contribution is 7.91. The number of hydrogen-bond acceptors (Lipinski definition) is 4. The van der Waals surface area contributed by atoms with E-state index in [-0.39, 0.29) is 17.4 Å². The molecule has 0 bridgehead atoms. The summed E-state index contributed by atoms with van der Waals surface area (Å²) in [6.07, 6.45) is 0.216. The van der Waals surface area contributed by atoms with Crippen LogP contribution in [0, 0.1) is 5.92 Å². The van der Waals surface area contributed by atoms with Gasteiger partial charge in [-0.3, -0.25) is 0 Å². The normalized spacial score (nSPS) is 23.2. The molecule has 1 fully saturated rings. The third-order valence-electron chi connectivity index (χ3n) is 3.73. The molecule has 2 unspecified atom stereocenters. The highest BCUT2D eigenvalue weighted by Crippen LogP contribution is 2.33. The molecule has 1 saturated heterocycles. The van der Waals surface area contributed by atoms with E-state index in [1.54, 1.807) is 12.1 Å². The van der Waals surface area contributed by atoms with Crippen molar-refractivity contribution >= 4 is 32.4 Å². The number of sulfone groups is 1. The summed E-state index contributed by atoms with van der Waals surface area (Å²) in [5, 5.41) is 11.6. The van der Waals surface area contributed by atoms with Crippen LogP contribution in [0.15, 0.2) is 28.7 Å². The van der Waals surface area contributed by atoms with Crippen molar-refractivity contribution in [3.8, 4) is 0 Å². The van der Waals surface area contributed by atoms with Crippen molar-refractivity contribution in [3.05, 3.63) is 35.0 Å². The van der Waals surface area contributed by atoms with E-state index in [1.165, 1.54) is 0 Å². The van der Waals surface area contributed by atoms with Crippen LogP contribution in [0.25, 0.3) is 11.0 Å². The van der Waals surface area contributed by atoms with E-state index in [2.05, 4.69) is 0 Å². The highest BCUT2D eigenvalue weighted by atomic mass is 35.5. The third kappa shape index (κ3) is 2.71. The average Bonchev–Trinajstić information content (AvgIpc) is 2.94. The van der Waals surface area contributed by atoms with Crippen molar-refractivity contribution in [2.45, 2.75) is 18.9 Å². The summed E-state index contributed by atoms with van der Waals surface area (Å²) in [5.74, 6) is 0.817. The van der Waals surface area contributed by atoms with Crippen molar-refractivity contribution in [1.29, 1.82) is 0 Å². The van der Waals surface area contributed by atoms with E-state index in [0.29, 0.717) is 29.2 Å². The van der Waals surface area contributed by atoms with Crippen LogP contribution in [0.3, 0.4) is 0 Å². The molecule has 3 rings (SSSR count). The third-order valence-corrected chi connectivity index (χ3v) is 5.86. The number of fused-ring (bicyclic) bond motifs is 1. The van der Waals surface area contributed by atoms with Gasteiger partial charge in [-0.25, -0.2) is 8.42 Å². The molecule has 2 atom stereocenters. The molecule has 2 heterocycles. The summed E-state index contributed by atoms with van der Waals surface area (Å²) in [6, 6.07) is 7.17. The number of furan rings is 1. The highest BCUT2D eigenvalue weighted by Gasteiger charge is 2.30. The zero-order chi connectivity index (χ0) is 14.3. The SMILES string of the molecule is O=S1(=O)CCC(CC(O)c2cc3cccc(Cl)c3o2)C1. The molecule has 2 aromatic rings. The van der Waals surface area contributed by atoms with Crippen molar-refractivity contribution in [1.82, 2.24) is 0 Å². The summed E-state index contributed by atoms with van der Waals surface area (Å²) in [5.41, 5.74) is 0.558. The van der Waals surface area contributed by atoms with Gasteiger partial charge >= 0.3 is 0 Å². The summed E-state index contributed by atoms with van der Waals surface area (Å²) in [6.45, 7) is 0. The number of para-hydroxylation sites is 1. The van der Waals surface area contributed by atoms with Gasteiger partial charge in [-0.1, -0.05) is 23.7 Å². The van der Waals surface area contributed by atoms with Crippen LogP contribution in [-0.2, 0) is 9.84 Å². The predicted molar refractivity (Wildman–Crippen MR) is 77.6 cm³/mol. The van der Waals surface area contributed by atoms with Crippen molar-refractivity contribution in [3.63, 3.8) is 0 Å². The maximum absolute atomic E-state index is 11.4. The minimum atomic E-state index is -2.92. The van der Waals surface area contributed by atoms with Crippen molar-refractivity contribution < 1.29 is 17.9 Å². The molecular weight excluding hydrogens is 300 g/mol. The summed E-state index contributed by atoms with van der Waals surface area (Å²) in [4.78, 5) is 0. The minimum Gasteiger partial charge on any atom is -0.457 e. The zero-order valence-corrected chi connectivity index (χ0v) is 12.3. The van der Waals surface area contributed by atoms with E-state index >= 15 is 0 Å². The molecule has 4 nitrogen and oxygen atoms in total. The number of benzene rings is 1. The number of rotatable bonds is 3. The van der Waals surface area contributed by atoms with E-state index < -0.39 is 15.9 Å². The van der Waals surface area contributed by atoms with Gasteiger partial charge < -0.3 is 9.52 Å². The first kappa shape index (κ1) is 13.9. The van der Waals surface area contributed by atoms with Gasteiger partial charge in [-0.15, -0.1) is 0 Å². The number of halogens is 1. The standard InChI is InChI=1S/C14H15ClO4S/c15-11-3-1-2-10-7-13(19-14(10)11)12(16)6-9-4-5-20(17,18)8-9/h1-3,7,9,12,16H,4-6,8H2. The van der Waals surface area contributed by atoms with Gasteiger partial charge in [0.15, 0.2) is 15.4 Å². The quantitative estimate of drug-likeness (QED) is 0.945. The van der Waals surface area contributed by atoms with Crippen LogP contribution in [0.1, 0.15) is 24.7 Å². The molecule has 108 valence electrons. The molecule has 1 aromatic carbocycles. The maximum Gasteiger partial charge on any atom is 0.152 e. The van der Waals surface area contributed by atoms with Crippen molar-refractivity contribution in [2.24, 2.45) is 5.92 Å². The first-order valence-corrected chi connectivity index (χ1v) is 8.71. The monoisotopic (exact) mass is 314 g/mol. The Morgan fingerprint density at radius 2 is 2.25 bits per heavy atom. The molecule has 0 aliphatic carbocycles. The van der Waals surface area contributed by atoms with Gasteiger partial charge in [0.25, 0.3) is 0 Å². The lowest BCUT2D eigenvalue weighted by Gasteiger charge is -2.11. The van der Waals surface area contributed by atoms with Gasteiger partial charge in [0.05, 0.1) is 16.5 Å². The number of aliphatic hydroxyl groups is 1. The Morgan fingerprint density at radius 3 is 2.90 bits per heavy atom. The lowest BCUT2D eigenvalue weighted by molar-refractivity contribution is 0.126. The van der Waals surface area contributed by atoms with Crippen LogP contribution >= 0.6 is 11.6 Å². The van der Waals surface area contributed by atoms with E-state index in [9.17, 15) is 13.5 Å². The molecule has 6 heteroatoms. The van der Waals surface area contributed by atoms with Gasteiger partial charge in [0, 0.05) is 5.39 Å². The second-order valence-corrected chi connectivity index (χ2v) is 7.96. The summed E-state index contributed by atoms with van der Waals surface area (Å²) >= 11 is 6.03. The van der Waals surface area contributed by atoms with Gasteiger partial charge in [-0.05, 0) is 30.9 Å². The van der Waals surface area contributed by atoms with Crippen LogP contribution in [0.2, 0.25) is 5.02 Å².